The third-order valence-electron chi connectivity index (χ3n) is 4.69. The van der Waals surface area contributed by atoms with Crippen LogP contribution in [0.3, 0.4) is 0 Å². The average Bonchev–Trinajstić information content (AvgIpc) is 3.12. The van der Waals surface area contributed by atoms with E-state index in [1.807, 2.05) is 42.5 Å². The van der Waals surface area contributed by atoms with Crippen molar-refractivity contribution >= 4 is 50.8 Å². The van der Waals surface area contributed by atoms with Crippen LogP contribution in [-0.2, 0) is 11.3 Å². The van der Waals surface area contributed by atoms with Gasteiger partial charge < -0.3 is 4.57 Å². The molecular weight excluding hydrogens is 472 g/mol. The van der Waals surface area contributed by atoms with E-state index in [4.69, 9.17) is 4.98 Å². The van der Waals surface area contributed by atoms with Crippen molar-refractivity contribution in [3.8, 4) is 0 Å². The summed E-state index contributed by atoms with van der Waals surface area (Å²) < 4.78 is 3.15. The maximum Gasteiger partial charge on any atom is 0.250 e. The molecule has 7 heteroatoms. The second-order valence-electron chi connectivity index (χ2n) is 7.09. The van der Waals surface area contributed by atoms with E-state index in [9.17, 15) is 4.79 Å². The second kappa shape index (κ2) is 9.94. The number of hydrogen-bond donors (Lipinski definition) is 1. The van der Waals surface area contributed by atoms with Crippen LogP contribution in [0, 0.1) is 6.92 Å². The fourth-order valence-corrected chi connectivity index (χ4v) is 4.15. The Balaban J connectivity index is 1.44. The number of nitrogens with one attached hydrogen (secondary N) is 1. The number of thioether (sulfide) groups is 1. The number of nitrogens with zero attached hydrogens (tertiary/aromatic N) is 3. The van der Waals surface area contributed by atoms with Crippen LogP contribution in [-0.4, -0.2) is 27.4 Å². The number of imidazole rings is 1. The van der Waals surface area contributed by atoms with Crippen molar-refractivity contribution in [2.24, 2.45) is 5.10 Å². The molecule has 5 nitrogen and oxygen atoms in total. The molecule has 3 aromatic carbocycles. The molecule has 4 rings (SSSR count). The third kappa shape index (κ3) is 5.62. The summed E-state index contributed by atoms with van der Waals surface area (Å²) in [7, 11) is 0. The molecule has 0 aliphatic heterocycles. The van der Waals surface area contributed by atoms with E-state index in [2.05, 4.69) is 68.3 Å². The minimum absolute atomic E-state index is 0.174. The van der Waals surface area contributed by atoms with Crippen LogP contribution >= 0.6 is 27.7 Å². The lowest BCUT2D eigenvalue weighted by atomic mass is 10.1. The molecule has 31 heavy (non-hydrogen) atoms. The zero-order valence-corrected chi connectivity index (χ0v) is 19.4. The van der Waals surface area contributed by atoms with Crippen molar-refractivity contribution in [1.82, 2.24) is 15.0 Å². The largest absolute Gasteiger partial charge is 0.314 e. The number of carbonyl (C=O) groups excluding carboxylic acids is 1. The molecule has 0 spiro atoms. The molecule has 4 aromatic rings. The van der Waals surface area contributed by atoms with Gasteiger partial charge >= 0.3 is 0 Å². The molecule has 1 amide bonds. The molecule has 156 valence electrons. The molecule has 0 radical (unpaired) electrons. The summed E-state index contributed by atoms with van der Waals surface area (Å²) in [5.41, 5.74) is 7.90. The zero-order chi connectivity index (χ0) is 21.6. The van der Waals surface area contributed by atoms with Crippen molar-refractivity contribution in [2.45, 2.75) is 18.6 Å². The normalized spacial score (nSPS) is 11.3. The van der Waals surface area contributed by atoms with Gasteiger partial charge in [-0.1, -0.05) is 81.8 Å². The number of aryl methyl sites for hydroxylation is 1. The Morgan fingerprint density at radius 2 is 1.84 bits per heavy atom. The summed E-state index contributed by atoms with van der Waals surface area (Å²) in [4.78, 5) is 17.0. The quantitative estimate of drug-likeness (QED) is 0.213. The van der Waals surface area contributed by atoms with E-state index in [0.29, 0.717) is 6.54 Å². The fourth-order valence-electron chi connectivity index (χ4n) is 3.08. The summed E-state index contributed by atoms with van der Waals surface area (Å²) in [5.74, 6) is 0.0573. The van der Waals surface area contributed by atoms with Crippen LogP contribution in [0.5, 0.6) is 0 Å². The van der Waals surface area contributed by atoms with Gasteiger partial charge in [-0.25, -0.2) is 10.4 Å². The average molecular weight is 493 g/mol. The minimum atomic E-state index is -0.174. The van der Waals surface area contributed by atoms with Gasteiger partial charge in [-0.2, -0.15) is 5.10 Å². The lowest BCUT2D eigenvalue weighted by Crippen LogP contribution is -2.20. The van der Waals surface area contributed by atoms with Gasteiger partial charge in [0.25, 0.3) is 5.91 Å². The van der Waals surface area contributed by atoms with E-state index in [0.717, 1.165) is 26.2 Å². The number of rotatable bonds is 7. The van der Waals surface area contributed by atoms with E-state index in [1.54, 1.807) is 6.21 Å². The maximum atomic E-state index is 12.3. The highest BCUT2D eigenvalue weighted by atomic mass is 79.9. The standard InChI is InChI=1S/C24H21BrN4OS/c1-17-6-8-19(9-7-17)15-29-22-5-3-2-4-21(22)27-24(29)31-16-23(30)28-26-14-18-10-12-20(25)13-11-18/h2-14H,15-16H2,1H3,(H,28,30)/b26-14-. The summed E-state index contributed by atoms with van der Waals surface area (Å²) in [5, 5.41) is 4.86. The van der Waals surface area contributed by atoms with Gasteiger partial charge in [0.1, 0.15) is 0 Å². The summed E-state index contributed by atoms with van der Waals surface area (Å²) >= 11 is 4.81. The molecule has 1 N–H and O–H groups in total. The number of aromatic nitrogens is 2. The lowest BCUT2D eigenvalue weighted by molar-refractivity contribution is -0.118. The van der Waals surface area contributed by atoms with E-state index >= 15 is 0 Å². The first kappa shape index (κ1) is 21.3. The Hall–Kier alpha value is -2.90. The smallest absolute Gasteiger partial charge is 0.250 e. The topological polar surface area (TPSA) is 59.3 Å². The van der Waals surface area contributed by atoms with Crippen LogP contribution in [0.1, 0.15) is 16.7 Å². The number of fused-ring (bicyclic) bond motifs is 1. The van der Waals surface area contributed by atoms with E-state index in [1.165, 1.54) is 22.9 Å². The van der Waals surface area contributed by atoms with Crippen molar-refractivity contribution in [1.29, 1.82) is 0 Å². The van der Waals surface area contributed by atoms with Gasteiger partial charge in [0.05, 0.1) is 29.5 Å². The zero-order valence-electron chi connectivity index (χ0n) is 17.0. The SMILES string of the molecule is Cc1ccc(Cn2c(SCC(=O)N/N=C\c3ccc(Br)cc3)nc3ccccc32)cc1. The highest BCUT2D eigenvalue weighted by molar-refractivity contribution is 9.10. The molecule has 0 aliphatic carbocycles. The predicted octanol–water partition coefficient (Wildman–Crippen LogP) is 5.40. The highest BCUT2D eigenvalue weighted by Gasteiger charge is 2.13. The number of para-hydroxylation sites is 2. The monoisotopic (exact) mass is 492 g/mol. The molecule has 0 aliphatic rings. The molecule has 0 fully saturated rings. The molecule has 1 aromatic heterocycles. The van der Waals surface area contributed by atoms with Gasteiger partial charge in [0.15, 0.2) is 5.16 Å². The Bertz CT molecular complexity index is 1220. The highest BCUT2D eigenvalue weighted by Crippen LogP contribution is 2.25. The van der Waals surface area contributed by atoms with Gasteiger partial charge in [0, 0.05) is 4.47 Å². The predicted molar refractivity (Wildman–Crippen MR) is 131 cm³/mol. The number of benzene rings is 3. The van der Waals surface area contributed by atoms with Gasteiger partial charge in [0.2, 0.25) is 0 Å². The molecule has 0 unspecified atom stereocenters. The molecule has 0 saturated heterocycles. The Morgan fingerprint density at radius 1 is 1.10 bits per heavy atom. The first-order valence-electron chi connectivity index (χ1n) is 9.79. The van der Waals surface area contributed by atoms with Crippen LogP contribution < -0.4 is 5.43 Å². The summed E-state index contributed by atoms with van der Waals surface area (Å²) in [6.45, 7) is 2.78. The lowest BCUT2D eigenvalue weighted by Gasteiger charge is -2.09. The number of carbonyl (C=O) groups is 1. The first-order chi connectivity index (χ1) is 15.1. The van der Waals surface area contributed by atoms with Crippen molar-refractivity contribution in [3.05, 3.63) is 94.0 Å². The third-order valence-corrected chi connectivity index (χ3v) is 6.19. The van der Waals surface area contributed by atoms with Gasteiger partial charge in [-0.15, -0.1) is 0 Å². The van der Waals surface area contributed by atoms with Gasteiger partial charge in [-0.05, 0) is 42.3 Å². The van der Waals surface area contributed by atoms with Crippen LogP contribution in [0.2, 0.25) is 0 Å². The number of halogens is 1. The molecule has 1 heterocycles. The van der Waals surface area contributed by atoms with Crippen molar-refractivity contribution < 1.29 is 4.79 Å². The summed E-state index contributed by atoms with van der Waals surface area (Å²) in [6, 6.07) is 24.2. The molecular formula is C24H21BrN4OS. The fraction of sp³-hybridized carbons (Fsp3) is 0.125. The second-order valence-corrected chi connectivity index (χ2v) is 8.95. The summed E-state index contributed by atoms with van der Waals surface area (Å²) in [6.07, 6.45) is 1.63. The Morgan fingerprint density at radius 3 is 2.61 bits per heavy atom. The number of hydrazone groups is 1. The van der Waals surface area contributed by atoms with Crippen molar-refractivity contribution in [2.75, 3.05) is 5.75 Å². The van der Waals surface area contributed by atoms with Crippen LogP contribution in [0.4, 0.5) is 0 Å². The van der Waals surface area contributed by atoms with Crippen molar-refractivity contribution in [3.63, 3.8) is 0 Å². The Labute approximate surface area is 193 Å². The van der Waals surface area contributed by atoms with E-state index in [-0.39, 0.29) is 11.7 Å². The minimum Gasteiger partial charge on any atom is -0.314 e. The molecule has 0 atom stereocenters. The first-order valence-corrected chi connectivity index (χ1v) is 11.6. The van der Waals surface area contributed by atoms with Crippen LogP contribution in [0.15, 0.2) is 87.5 Å². The van der Waals surface area contributed by atoms with Crippen LogP contribution in [0.25, 0.3) is 11.0 Å². The molecule has 0 bridgehead atoms. The number of amides is 1. The molecule has 0 saturated carbocycles. The van der Waals surface area contributed by atoms with E-state index < -0.39 is 0 Å². The number of hydrogen-bond acceptors (Lipinski definition) is 4. The van der Waals surface area contributed by atoms with Gasteiger partial charge in [-0.3, -0.25) is 4.79 Å². The maximum absolute atomic E-state index is 12.3. The Kier molecular flexibility index (Phi) is 6.84.